The Morgan fingerprint density at radius 3 is 2.83 bits per heavy atom. The predicted octanol–water partition coefficient (Wildman–Crippen LogP) is 3.70. The van der Waals surface area contributed by atoms with Crippen molar-refractivity contribution in [2.45, 2.75) is 27.2 Å². The van der Waals surface area contributed by atoms with Crippen LogP contribution in [0.25, 0.3) is 6.08 Å². The summed E-state index contributed by atoms with van der Waals surface area (Å²) in [6, 6.07) is 1.63. The summed E-state index contributed by atoms with van der Waals surface area (Å²) in [5, 5.41) is 16.0. The van der Waals surface area contributed by atoms with E-state index in [4.69, 9.17) is 0 Å². The summed E-state index contributed by atoms with van der Waals surface area (Å²) in [5.74, 6) is 0.630. The van der Waals surface area contributed by atoms with Crippen LogP contribution in [0.3, 0.4) is 0 Å². The highest BCUT2D eigenvalue weighted by Gasteiger charge is 2.08. The third-order valence-electron chi connectivity index (χ3n) is 2.52. The summed E-state index contributed by atoms with van der Waals surface area (Å²) >= 11 is 1.17. The van der Waals surface area contributed by atoms with Gasteiger partial charge in [-0.1, -0.05) is 43.8 Å². The molecule has 0 aliphatic carbocycles. The molecule has 0 spiro atoms. The van der Waals surface area contributed by atoms with Gasteiger partial charge in [0.05, 0.1) is 4.92 Å². The molecule has 100 valence electrons. The summed E-state index contributed by atoms with van der Waals surface area (Å²) in [6.07, 6.45) is 2.99. The Kier molecular flexibility index (Phi) is 6.01. The van der Waals surface area contributed by atoms with Crippen molar-refractivity contribution in [1.29, 1.82) is 0 Å². The molecule has 0 aliphatic heterocycles. The zero-order chi connectivity index (χ0) is 13.5. The quantitative estimate of drug-likeness (QED) is 0.606. The molecule has 0 aromatic carbocycles. The lowest BCUT2D eigenvalue weighted by Crippen LogP contribution is -2.21. The zero-order valence-electron chi connectivity index (χ0n) is 11.1. The van der Waals surface area contributed by atoms with Crippen LogP contribution in [0.15, 0.2) is 17.0 Å². The Bertz CT molecular complexity index is 424. The smallest absolute Gasteiger partial charge is 0.313 e. The molecule has 1 rings (SSSR count). The molecule has 1 heterocycles. The van der Waals surface area contributed by atoms with Gasteiger partial charge in [0.2, 0.25) is 0 Å². The first-order chi connectivity index (χ1) is 8.52. The van der Waals surface area contributed by atoms with E-state index in [9.17, 15) is 10.1 Å². The van der Waals surface area contributed by atoms with Crippen LogP contribution in [-0.4, -0.2) is 18.0 Å². The van der Waals surface area contributed by atoms with E-state index >= 15 is 0 Å². The number of nitro groups is 1. The molecule has 0 amide bonds. The Morgan fingerprint density at radius 1 is 1.61 bits per heavy atom. The molecule has 0 saturated carbocycles. The summed E-state index contributed by atoms with van der Waals surface area (Å²) in [5.41, 5.74) is 2.19. The van der Waals surface area contributed by atoms with Crippen molar-refractivity contribution in [1.82, 2.24) is 5.32 Å². The van der Waals surface area contributed by atoms with Crippen LogP contribution in [-0.2, 0) is 0 Å². The molecule has 1 N–H and O–H groups in total. The van der Waals surface area contributed by atoms with Gasteiger partial charge in [-0.25, -0.2) is 0 Å². The Hall–Kier alpha value is -1.20. The second kappa shape index (κ2) is 7.28. The minimum absolute atomic E-state index is 0.201. The Labute approximate surface area is 112 Å². The fraction of sp³-hybridized carbons (Fsp3) is 0.538. The number of nitrogens with one attached hydrogen (secondary N) is 1. The lowest BCUT2D eigenvalue weighted by molar-refractivity contribution is -0.380. The summed E-state index contributed by atoms with van der Waals surface area (Å²) in [6.45, 7) is 8.28. The maximum atomic E-state index is 10.6. The Morgan fingerprint density at radius 2 is 2.33 bits per heavy atom. The van der Waals surface area contributed by atoms with Crippen LogP contribution >= 0.6 is 11.3 Å². The molecule has 0 fully saturated rings. The van der Waals surface area contributed by atoms with Crippen molar-refractivity contribution in [2.24, 2.45) is 5.92 Å². The van der Waals surface area contributed by atoms with E-state index in [-0.39, 0.29) is 9.92 Å². The SMILES string of the molecule is CCC(=Cc1csc([N+](=O)[O-])c1)CNCC(C)C. The zero-order valence-corrected chi connectivity index (χ0v) is 11.9. The van der Waals surface area contributed by atoms with Gasteiger partial charge in [-0.15, -0.1) is 0 Å². The number of hydrogen-bond acceptors (Lipinski definition) is 4. The van der Waals surface area contributed by atoms with Crippen molar-refractivity contribution in [3.05, 3.63) is 32.7 Å². The van der Waals surface area contributed by atoms with Crippen molar-refractivity contribution >= 4 is 22.4 Å². The summed E-state index contributed by atoms with van der Waals surface area (Å²) in [7, 11) is 0. The normalized spacial score (nSPS) is 12.1. The third-order valence-corrected chi connectivity index (χ3v) is 3.41. The van der Waals surface area contributed by atoms with Crippen molar-refractivity contribution in [3.8, 4) is 0 Å². The molecule has 0 radical (unpaired) electrons. The highest BCUT2D eigenvalue weighted by molar-refractivity contribution is 7.13. The summed E-state index contributed by atoms with van der Waals surface area (Å²) in [4.78, 5) is 10.3. The first-order valence-corrected chi connectivity index (χ1v) is 7.04. The second-order valence-corrected chi connectivity index (χ2v) is 5.55. The van der Waals surface area contributed by atoms with Gasteiger partial charge >= 0.3 is 5.00 Å². The molecule has 1 aromatic rings. The second-order valence-electron chi connectivity index (χ2n) is 4.66. The van der Waals surface area contributed by atoms with E-state index < -0.39 is 0 Å². The van der Waals surface area contributed by atoms with E-state index in [2.05, 4.69) is 26.1 Å². The van der Waals surface area contributed by atoms with E-state index in [1.807, 2.05) is 11.5 Å². The van der Waals surface area contributed by atoms with Gasteiger partial charge in [0.15, 0.2) is 0 Å². The number of nitrogens with zero attached hydrogens (tertiary/aromatic N) is 1. The van der Waals surface area contributed by atoms with Crippen molar-refractivity contribution < 1.29 is 4.92 Å². The standard InChI is InChI=1S/C13H20N2O2S/c1-4-11(8-14-7-10(2)3)5-12-6-13(15(16)17)18-9-12/h5-6,9-10,14H,4,7-8H2,1-3H3. The molecule has 0 saturated heterocycles. The van der Waals surface area contributed by atoms with Gasteiger partial charge in [0.1, 0.15) is 0 Å². The average Bonchev–Trinajstić information content (AvgIpc) is 2.76. The fourth-order valence-corrected chi connectivity index (χ4v) is 2.23. The molecule has 0 atom stereocenters. The highest BCUT2D eigenvalue weighted by atomic mass is 32.1. The maximum Gasteiger partial charge on any atom is 0.324 e. The molecule has 4 nitrogen and oxygen atoms in total. The fourth-order valence-electron chi connectivity index (χ4n) is 1.55. The van der Waals surface area contributed by atoms with E-state index in [0.29, 0.717) is 5.92 Å². The van der Waals surface area contributed by atoms with Gasteiger partial charge in [-0.3, -0.25) is 10.1 Å². The highest BCUT2D eigenvalue weighted by Crippen LogP contribution is 2.24. The molecular formula is C13H20N2O2S. The molecule has 1 aromatic heterocycles. The Balaban J connectivity index is 2.62. The minimum Gasteiger partial charge on any atom is -0.313 e. The monoisotopic (exact) mass is 268 g/mol. The molecule has 0 bridgehead atoms. The van der Waals surface area contributed by atoms with Gasteiger partial charge < -0.3 is 5.32 Å². The molecule has 0 aliphatic rings. The third kappa shape index (κ3) is 4.98. The van der Waals surface area contributed by atoms with Crippen LogP contribution in [0, 0.1) is 16.0 Å². The van der Waals surface area contributed by atoms with Crippen LogP contribution in [0.4, 0.5) is 5.00 Å². The average molecular weight is 268 g/mol. The predicted molar refractivity (Wildman–Crippen MR) is 76.9 cm³/mol. The lowest BCUT2D eigenvalue weighted by atomic mass is 10.1. The van der Waals surface area contributed by atoms with Crippen molar-refractivity contribution in [2.75, 3.05) is 13.1 Å². The van der Waals surface area contributed by atoms with Crippen molar-refractivity contribution in [3.63, 3.8) is 0 Å². The number of hydrogen-bond donors (Lipinski definition) is 1. The van der Waals surface area contributed by atoms with Gasteiger partial charge in [0, 0.05) is 18.0 Å². The maximum absolute atomic E-state index is 10.6. The number of rotatable bonds is 7. The first kappa shape index (κ1) is 14.9. The molecule has 18 heavy (non-hydrogen) atoms. The van der Waals surface area contributed by atoms with Crippen LogP contribution < -0.4 is 5.32 Å². The molecule has 0 unspecified atom stereocenters. The lowest BCUT2D eigenvalue weighted by Gasteiger charge is -2.09. The van der Waals surface area contributed by atoms with Gasteiger partial charge in [0.25, 0.3) is 0 Å². The molecule has 5 heteroatoms. The van der Waals surface area contributed by atoms with Gasteiger partial charge in [-0.05, 0) is 24.4 Å². The van der Waals surface area contributed by atoms with Gasteiger partial charge in [-0.2, -0.15) is 0 Å². The minimum atomic E-state index is -0.343. The number of thiophene rings is 1. The first-order valence-electron chi connectivity index (χ1n) is 6.16. The molecular weight excluding hydrogens is 248 g/mol. The van der Waals surface area contributed by atoms with Crippen LogP contribution in [0.1, 0.15) is 32.8 Å². The van der Waals surface area contributed by atoms with E-state index in [1.54, 1.807) is 6.07 Å². The topological polar surface area (TPSA) is 55.2 Å². The summed E-state index contributed by atoms with van der Waals surface area (Å²) < 4.78 is 0. The van der Waals surface area contributed by atoms with E-state index in [1.165, 1.54) is 16.9 Å². The largest absolute Gasteiger partial charge is 0.324 e. The van der Waals surface area contributed by atoms with Crippen LogP contribution in [0.5, 0.6) is 0 Å². The van der Waals surface area contributed by atoms with E-state index in [0.717, 1.165) is 25.1 Å². The van der Waals surface area contributed by atoms with Crippen LogP contribution in [0.2, 0.25) is 0 Å².